The van der Waals surface area contributed by atoms with Crippen molar-refractivity contribution in [2.45, 2.75) is 26.5 Å². The van der Waals surface area contributed by atoms with Crippen molar-refractivity contribution in [2.75, 3.05) is 20.7 Å². The van der Waals surface area contributed by atoms with E-state index >= 15 is 0 Å². The molecule has 0 unspecified atom stereocenters. The molecule has 0 saturated heterocycles. The third-order valence-corrected chi connectivity index (χ3v) is 5.88. The Hall–Kier alpha value is -2.87. The van der Waals surface area contributed by atoms with E-state index in [0.29, 0.717) is 23.7 Å². The van der Waals surface area contributed by atoms with Gasteiger partial charge in [0.05, 0.1) is 30.6 Å². The minimum Gasteiger partial charge on any atom is -0.493 e. The van der Waals surface area contributed by atoms with Crippen LogP contribution in [-0.4, -0.2) is 50.1 Å². The molecule has 0 amide bonds. The molecule has 1 N–H and O–H groups in total. The number of rotatable bonds is 8. The summed E-state index contributed by atoms with van der Waals surface area (Å²) < 4.78 is 9.87. The Morgan fingerprint density at radius 2 is 2.00 bits per heavy atom. The molecular formula is C24H28ClN5O2. The summed E-state index contributed by atoms with van der Waals surface area (Å²) in [5.74, 6) is 0.725. The van der Waals surface area contributed by atoms with E-state index in [1.807, 2.05) is 69.2 Å². The summed E-state index contributed by atoms with van der Waals surface area (Å²) in [6.07, 6.45) is 4.53. The smallest absolute Gasteiger partial charge is 0.128 e. The molecule has 3 aromatic heterocycles. The molecule has 4 aromatic rings. The monoisotopic (exact) mass is 453 g/mol. The van der Waals surface area contributed by atoms with Crippen LogP contribution in [0.4, 0.5) is 0 Å². The van der Waals surface area contributed by atoms with Gasteiger partial charge < -0.3 is 14.7 Å². The molecule has 4 rings (SSSR count). The second-order valence-corrected chi connectivity index (χ2v) is 8.62. The van der Waals surface area contributed by atoms with E-state index in [1.54, 1.807) is 4.68 Å². The van der Waals surface area contributed by atoms with E-state index in [1.165, 1.54) is 0 Å². The second-order valence-electron chi connectivity index (χ2n) is 8.18. The van der Waals surface area contributed by atoms with E-state index in [4.69, 9.17) is 16.3 Å². The third kappa shape index (κ3) is 4.50. The summed E-state index contributed by atoms with van der Waals surface area (Å²) in [5, 5.41) is 19.1. The summed E-state index contributed by atoms with van der Waals surface area (Å²) in [7, 11) is 5.97. The van der Waals surface area contributed by atoms with Crippen LogP contribution in [0.5, 0.6) is 5.75 Å². The van der Waals surface area contributed by atoms with Gasteiger partial charge in [-0.15, -0.1) is 0 Å². The molecule has 1 aromatic carbocycles. The lowest BCUT2D eigenvalue weighted by molar-refractivity contribution is 0.272. The van der Waals surface area contributed by atoms with Crippen molar-refractivity contribution < 1.29 is 9.84 Å². The maximum atomic E-state index is 9.60. The molecule has 0 aliphatic heterocycles. The van der Waals surface area contributed by atoms with Crippen LogP contribution in [0.15, 0.2) is 42.7 Å². The van der Waals surface area contributed by atoms with Gasteiger partial charge in [-0.1, -0.05) is 11.6 Å². The van der Waals surface area contributed by atoms with Crippen LogP contribution >= 0.6 is 11.6 Å². The Balaban J connectivity index is 1.61. The van der Waals surface area contributed by atoms with Gasteiger partial charge in [0.15, 0.2) is 0 Å². The number of aliphatic hydroxyl groups is 1. The van der Waals surface area contributed by atoms with Crippen molar-refractivity contribution >= 4 is 17.1 Å². The quantitative estimate of drug-likeness (QED) is 0.438. The summed E-state index contributed by atoms with van der Waals surface area (Å²) in [5.41, 5.74) is 6.99. The first kappa shape index (κ1) is 22.3. The van der Waals surface area contributed by atoms with Crippen LogP contribution in [0.3, 0.4) is 0 Å². The summed E-state index contributed by atoms with van der Waals surface area (Å²) in [6.45, 7) is 3.18. The van der Waals surface area contributed by atoms with Crippen molar-refractivity contribution in [3.63, 3.8) is 0 Å². The Bertz CT molecular complexity index is 1240. The molecule has 0 fully saturated rings. The minimum atomic E-state index is -0.0833. The van der Waals surface area contributed by atoms with Gasteiger partial charge in [0.1, 0.15) is 5.75 Å². The normalized spacial score (nSPS) is 11.6. The molecule has 8 heteroatoms. The fraction of sp³-hybridized carbons (Fsp3) is 0.333. The number of aryl methyl sites for hydroxylation is 1. The number of aromatic nitrogens is 4. The molecule has 3 heterocycles. The van der Waals surface area contributed by atoms with Gasteiger partial charge in [0, 0.05) is 53.6 Å². The van der Waals surface area contributed by atoms with E-state index in [-0.39, 0.29) is 6.61 Å². The van der Waals surface area contributed by atoms with Crippen LogP contribution in [0.2, 0.25) is 5.02 Å². The lowest BCUT2D eigenvalue weighted by Gasteiger charge is -2.14. The number of ether oxygens (including phenoxy) is 1. The molecular weight excluding hydrogens is 426 g/mol. The van der Waals surface area contributed by atoms with Crippen LogP contribution in [0.25, 0.3) is 16.6 Å². The third-order valence-electron chi connectivity index (χ3n) is 5.64. The highest BCUT2D eigenvalue weighted by molar-refractivity contribution is 6.30. The van der Waals surface area contributed by atoms with Crippen LogP contribution in [0, 0.1) is 6.92 Å². The average molecular weight is 454 g/mol. The largest absolute Gasteiger partial charge is 0.493 e. The van der Waals surface area contributed by atoms with Gasteiger partial charge in [-0.05, 0) is 56.9 Å². The van der Waals surface area contributed by atoms with Gasteiger partial charge in [0.25, 0.3) is 0 Å². The highest BCUT2D eigenvalue weighted by Gasteiger charge is 2.14. The molecule has 0 saturated carbocycles. The van der Waals surface area contributed by atoms with Crippen LogP contribution < -0.4 is 4.74 Å². The Morgan fingerprint density at radius 3 is 2.75 bits per heavy atom. The minimum absolute atomic E-state index is 0.0833. The van der Waals surface area contributed by atoms with Crippen molar-refractivity contribution in [3.05, 3.63) is 70.3 Å². The van der Waals surface area contributed by atoms with E-state index in [0.717, 1.165) is 45.8 Å². The first-order valence-corrected chi connectivity index (χ1v) is 10.9. The SMILES string of the molecule is Cc1c(CCOc2cc(Cl)ccc2-c2ccn3ncc(CN(C)C)c3c2)c(CO)nn1C. The molecule has 0 aliphatic carbocycles. The van der Waals surface area contributed by atoms with Crippen molar-refractivity contribution in [1.29, 1.82) is 0 Å². The first-order valence-electron chi connectivity index (χ1n) is 10.5. The van der Waals surface area contributed by atoms with Gasteiger partial charge >= 0.3 is 0 Å². The maximum Gasteiger partial charge on any atom is 0.128 e. The number of benzene rings is 1. The van der Waals surface area contributed by atoms with Crippen molar-refractivity contribution in [1.82, 2.24) is 24.3 Å². The van der Waals surface area contributed by atoms with E-state index in [9.17, 15) is 5.11 Å². The second kappa shape index (κ2) is 9.32. The number of halogens is 1. The standard InChI is InChI=1S/C24H28ClN5O2/c1-16-20(22(15-31)27-29(16)4)8-10-32-24-12-19(25)5-6-21(24)17-7-9-30-23(11-17)18(13-26-30)14-28(2)3/h5-7,9,11-13,31H,8,10,14-15H2,1-4H3. The maximum absolute atomic E-state index is 9.60. The van der Waals surface area contributed by atoms with Gasteiger partial charge in [0.2, 0.25) is 0 Å². The molecule has 0 bridgehead atoms. The van der Waals surface area contributed by atoms with Gasteiger partial charge in [-0.2, -0.15) is 10.2 Å². The van der Waals surface area contributed by atoms with Gasteiger partial charge in [-0.3, -0.25) is 4.68 Å². The molecule has 0 spiro atoms. The first-order chi connectivity index (χ1) is 15.4. The Morgan fingerprint density at radius 1 is 1.19 bits per heavy atom. The fourth-order valence-electron chi connectivity index (χ4n) is 3.95. The van der Waals surface area contributed by atoms with Crippen molar-refractivity contribution in [2.24, 2.45) is 7.05 Å². The van der Waals surface area contributed by atoms with Crippen LogP contribution in [0.1, 0.15) is 22.5 Å². The van der Waals surface area contributed by atoms with E-state index in [2.05, 4.69) is 21.2 Å². The number of aliphatic hydroxyl groups excluding tert-OH is 1. The van der Waals surface area contributed by atoms with E-state index < -0.39 is 0 Å². The molecule has 7 nitrogen and oxygen atoms in total. The zero-order valence-corrected chi connectivity index (χ0v) is 19.6. The summed E-state index contributed by atoms with van der Waals surface area (Å²) in [6, 6.07) is 9.88. The highest BCUT2D eigenvalue weighted by Crippen LogP contribution is 2.34. The van der Waals surface area contributed by atoms with Crippen molar-refractivity contribution in [3.8, 4) is 16.9 Å². The Labute approximate surface area is 192 Å². The molecule has 168 valence electrons. The number of hydrogen-bond donors (Lipinski definition) is 1. The lowest BCUT2D eigenvalue weighted by Crippen LogP contribution is -2.10. The molecule has 32 heavy (non-hydrogen) atoms. The predicted molar refractivity (Wildman–Crippen MR) is 126 cm³/mol. The highest BCUT2D eigenvalue weighted by atomic mass is 35.5. The molecule has 0 aliphatic rings. The molecule has 0 atom stereocenters. The Kier molecular flexibility index (Phi) is 6.50. The average Bonchev–Trinajstić information content (AvgIpc) is 3.28. The number of hydrogen-bond acceptors (Lipinski definition) is 5. The van der Waals surface area contributed by atoms with Crippen LogP contribution in [-0.2, 0) is 26.6 Å². The zero-order chi connectivity index (χ0) is 22.8. The summed E-state index contributed by atoms with van der Waals surface area (Å²) >= 11 is 6.29. The van der Waals surface area contributed by atoms with Gasteiger partial charge in [-0.25, -0.2) is 4.52 Å². The number of fused-ring (bicyclic) bond motifs is 1. The fourth-order valence-corrected chi connectivity index (χ4v) is 4.11. The molecule has 0 radical (unpaired) electrons. The number of pyridine rings is 1. The zero-order valence-electron chi connectivity index (χ0n) is 18.8. The topological polar surface area (TPSA) is 67.8 Å². The lowest BCUT2D eigenvalue weighted by atomic mass is 10.0. The number of nitrogens with zero attached hydrogens (tertiary/aromatic N) is 5. The predicted octanol–water partition coefficient (Wildman–Crippen LogP) is 3.87. The summed E-state index contributed by atoms with van der Waals surface area (Å²) in [4.78, 5) is 2.13.